The second-order valence-corrected chi connectivity index (χ2v) is 4.39. The minimum atomic E-state index is 0.172. The largest absolute Gasteiger partial charge is 0.493 e. The maximum Gasteiger partial charge on any atom is 0.126 e. The lowest BCUT2D eigenvalue weighted by Gasteiger charge is -2.14. The Morgan fingerprint density at radius 2 is 1.75 bits per heavy atom. The molecule has 0 amide bonds. The summed E-state index contributed by atoms with van der Waals surface area (Å²) in [5, 5.41) is 9.16. The SMILES string of the molecule is Cc1c2c(c(CCO)c3c1OCC3)OCC2. The minimum Gasteiger partial charge on any atom is -0.493 e. The van der Waals surface area contributed by atoms with Crippen LogP contribution in [0.15, 0.2) is 0 Å². The van der Waals surface area contributed by atoms with Crippen molar-refractivity contribution in [1.29, 1.82) is 0 Å². The van der Waals surface area contributed by atoms with Gasteiger partial charge >= 0.3 is 0 Å². The van der Waals surface area contributed by atoms with Gasteiger partial charge in [0, 0.05) is 36.1 Å². The zero-order valence-corrected chi connectivity index (χ0v) is 9.51. The number of aliphatic hydroxyl groups is 1. The molecule has 86 valence electrons. The molecule has 3 rings (SSSR count). The lowest BCUT2D eigenvalue weighted by Crippen LogP contribution is -2.01. The maximum absolute atomic E-state index is 9.16. The number of hydrogen-bond donors (Lipinski definition) is 1. The van der Waals surface area contributed by atoms with Crippen LogP contribution in [0.4, 0.5) is 0 Å². The van der Waals surface area contributed by atoms with Crippen LogP contribution in [0, 0.1) is 6.92 Å². The Kier molecular flexibility index (Phi) is 2.28. The van der Waals surface area contributed by atoms with Crippen molar-refractivity contribution in [2.45, 2.75) is 26.2 Å². The first-order valence-electron chi connectivity index (χ1n) is 5.86. The van der Waals surface area contributed by atoms with Crippen molar-refractivity contribution < 1.29 is 14.6 Å². The molecule has 2 aliphatic heterocycles. The summed E-state index contributed by atoms with van der Waals surface area (Å²) in [6, 6.07) is 0. The molecule has 0 aliphatic carbocycles. The van der Waals surface area contributed by atoms with E-state index in [4.69, 9.17) is 14.6 Å². The molecule has 1 aromatic rings. The fraction of sp³-hybridized carbons (Fsp3) is 0.538. The molecule has 3 nitrogen and oxygen atoms in total. The van der Waals surface area contributed by atoms with E-state index >= 15 is 0 Å². The number of rotatable bonds is 2. The predicted octanol–water partition coefficient (Wildman–Crippen LogP) is 1.40. The van der Waals surface area contributed by atoms with Crippen LogP contribution in [-0.4, -0.2) is 24.9 Å². The van der Waals surface area contributed by atoms with Crippen LogP contribution in [0.2, 0.25) is 0 Å². The smallest absolute Gasteiger partial charge is 0.126 e. The topological polar surface area (TPSA) is 38.7 Å². The van der Waals surface area contributed by atoms with E-state index in [0.29, 0.717) is 6.42 Å². The minimum absolute atomic E-state index is 0.172. The van der Waals surface area contributed by atoms with E-state index < -0.39 is 0 Å². The first-order valence-corrected chi connectivity index (χ1v) is 5.86. The molecule has 0 bridgehead atoms. The quantitative estimate of drug-likeness (QED) is 0.818. The molecular weight excluding hydrogens is 204 g/mol. The summed E-state index contributed by atoms with van der Waals surface area (Å²) in [5.74, 6) is 2.07. The van der Waals surface area contributed by atoms with Crippen molar-refractivity contribution in [3.8, 4) is 11.5 Å². The summed E-state index contributed by atoms with van der Waals surface area (Å²) in [6.07, 6.45) is 2.59. The standard InChI is InChI=1S/C13H16O3/c1-8-9-3-6-16-13(9)10(2-5-14)11-4-7-15-12(8)11/h14H,2-7H2,1H3. The summed E-state index contributed by atoms with van der Waals surface area (Å²) in [6.45, 7) is 3.81. The van der Waals surface area contributed by atoms with E-state index in [1.54, 1.807) is 0 Å². The lowest BCUT2D eigenvalue weighted by atomic mass is 9.93. The Morgan fingerprint density at radius 3 is 2.50 bits per heavy atom. The molecule has 0 radical (unpaired) electrons. The van der Waals surface area contributed by atoms with Gasteiger partial charge in [0.1, 0.15) is 11.5 Å². The van der Waals surface area contributed by atoms with Gasteiger partial charge < -0.3 is 14.6 Å². The Labute approximate surface area is 95.0 Å². The van der Waals surface area contributed by atoms with Gasteiger partial charge in [-0.05, 0) is 18.9 Å². The lowest BCUT2D eigenvalue weighted by molar-refractivity contribution is 0.294. The first-order chi connectivity index (χ1) is 7.83. The van der Waals surface area contributed by atoms with Crippen LogP contribution in [0.3, 0.4) is 0 Å². The second-order valence-electron chi connectivity index (χ2n) is 4.39. The van der Waals surface area contributed by atoms with Crippen molar-refractivity contribution in [3.05, 3.63) is 22.3 Å². The molecule has 0 saturated heterocycles. The molecular formula is C13H16O3. The van der Waals surface area contributed by atoms with E-state index in [-0.39, 0.29) is 6.61 Å². The molecule has 16 heavy (non-hydrogen) atoms. The van der Waals surface area contributed by atoms with Gasteiger partial charge in [0.2, 0.25) is 0 Å². The van der Waals surface area contributed by atoms with Crippen molar-refractivity contribution >= 4 is 0 Å². The van der Waals surface area contributed by atoms with Gasteiger partial charge in [-0.1, -0.05) is 0 Å². The van der Waals surface area contributed by atoms with Crippen molar-refractivity contribution in [3.63, 3.8) is 0 Å². The Bertz CT molecular complexity index is 402. The highest BCUT2D eigenvalue weighted by atomic mass is 16.5. The van der Waals surface area contributed by atoms with Crippen molar-refractivity contribution in [1.82, 2.24) is 0 Å². The second kappa shape index (κ2) is 3.67. The van der Waals surface area contributed by atoms with Crippen LogP contribution in [0.25, 0.3) is 0 Å². The van der Waals surface area contributed by atoms with Crippen LogP contribution in [-0.2, 0) is 19.3 Å². The number of benzene rings is 1. The molecule has 0 saturated carbocycles. The Morgan fingerprint density at radius 1 is 1.06 bits per heavy atom. The number of aliphatic hydroxyl groups excluding tert-OH is 1. The molecule has 2 aliphatic rings. The van der Waals surface area contributed by atoms with Crippen molar-refractivity contribution in [2.75, 3.05) is 19.8 Å². The predicted molar refractivity (Wildman–Crippen MR) is 60.4 cm³/mol. The van der Waals surface area contributed by atoms with Gasteiger partial charge in [0.05, 0.1) is 13.2 Å². The Balaban J connectivity index is 2.23. The van der Waals surface area contributed by atoms with Gasteiger partial charge in [-0.25, -0.2) is 0 Å². The van der Waals surface area contributed by atoms with E-state index in [1.165, 1.54) is 22.3 Å². The molecule has 0 spiro atoms. The third-order valence-electron chi connectivity index (χ3n) is 3.54. The number of ether oxygens (including phenoxy) is 2. The molecule has 0 unspecified atom stereocenters. The van der Waals surface area contributed by atoms with Crippen LogP contribution >= 0.6 is 0 Å². The van der Waals surface area contributed by atoms with Gasteiger partial charge in [-0.15, -0.1) is 0 Å². The van der Waals surface area contributed by atoms with Gasteiger partial charge in [0.15, 0.2) is 0 Å². The highest BCUT2D eigenvalue weighted by Gasteiger charge is 2.28. The third-order valence-corrected chi connectivity index (χ3v) is 3.54. The molecule has 1 N–H and O–H groups in total. The van der Waals surface area contributed by atoms with E-state index in [1.807, 2.05) is 0 Å². The Hall–Kier alpha value is -1.22. The van der Waals surface area contributed by atoms with E-state index in [2.05, 4.69) is 6.92 Å². The summed E-state index contributed by atoms with van der Waals surface area (Å²) >= 11 is 0. The summed E-state index contributed by atoms with van der Waals surface area (Å²) in [7, 11) is 0. The fourth-order valence-corrected chi connectivity index (χ4v) is 2.81. The zero-order valence-electron chi connectivity index (χ0n) is 9.51. The summed E-state index contributed by atoms with van der Waals surface area (Å²) in [5.41, 5.74) is 4.95. The summed E-state index contributed by atoms with van der Waals surface area (Å²) in [4.78, 5) is 0. The highest BCUT2D eigenvalue weighted by molar-refractivity contribution is 5.61. The molecule has 3 heteroatoms. The first kappa shape index (κ1) is 9.97. The average Bonchev–Trinajstić information content (AvgIpc) is 2.92. The molecule has 0 atom stereocenters. The normalized spacial score (nSPS) is 16.6. The monoisotopic (exact) mass is 220 g/mol. The van der Waals surface area contributed by atoms with Crippen molar-refractivity contribution in [2.24, 2.45) is 0 Å². The van der Waals surface area contributed by atoms with Crippen LogP contribution in [0.1, 0.15) is 22.3 Å². The molecule has 0 aromatic heterocycles. The van der Waals surface area contributed by atoms with E-state index in [0.717, 1.165) is 37.6 Å². The number of fused-ring (bicyclic) bond motifs is 2. The van der Waals surface area contributed by atoms with E-state index in [9.17, 15) is 0 Å². The summed E-state index contributed by atoms with van der Waals surface area (Å²) < 4.78 is 11.4. The molecule has 1 aromatic carbocycles. The van der Waals surface area contributed by atoms with Gasteiger partial charge in [0.25, 0.3) is 0 Å². The molecule has 2 heterocycles. The van der Waals surface area contributed by atoms with Gasteiger partial charge in [-0.2, -0.15) is 0 Å². The van der Waals surface area contributed by atoms with Crippen LogP contribution in [0.5, 0.6) is 11.5 Å². The fourth-order valence-electron chi connectivity index (χ4n) is 2.81. The zero-order chi connectivity index (χ0) is 11.1. The van der Waals surface area contributed by atoms with Gasteiger partial charge in [-0.3, -0.25) is 0 Å². The number of hydrogen-bond acceptors (Lipinski definition) is 3. The van der Waals surface area contributed by atoms with Crippen LogP contribution < -0.4 is 9.47 Å². The maximum atomic E-state index is 9.16. The highest BCUT2D eigenvalue weighted by Crippen LogP contribution is 2.44. The average molecular weight is 220 g/mol. The third kappa shape index (κ3) is 1.24. The molecule has 0 fully saturated rings.